The van der Waals surface area contributed by atoms with Crippen molar-refractivity contribution in [3.8, 4) is 123 Å². The molecule has 0 aliphatic heterocycles. The number of hydrogen-bond donors (Lipinski definition) is 0. The molecule has 0 fully saturated rings. The second-order valence-corrected chi connectivity index (χ2v) is 32.6. The molecule has 0 N–H and O–H groups in total. The molecule has 0 atom stereocenters. The number of para-hydroxylation sites is 3. The average Bonchev–Trinajstić information content (AvgIpc) is 1.73. The molecule has 9 nitrogen and oxygen atoms in total. The third-order valence-electron chi connectivity index (χ3n) is 24.9. The first-order valence-electron chi connectivity index (χ1n) is 43.4. The summed E-state index contributed by atoms with van der Waals surface area (Å²) in [7, 11) is 0. The van der Waals surface area contributed by atoms with E-state index < -0.39 is 0 Å². The monoisotopic (exact) mass is 1650 g/mol. The predicted octanol–water partition coefficient (Wildman–Crippen LogP) is 32.4. The quantitative estimate of drug-likeness (QED) is 0.125. The van der Waals surface area contributed by atoms with Crippen LogP contribution in [0.5, 0.6) is 0 Å². The second-order valence-electron chi connectivity index (χ2n) is 32.6. The molecule has 26 rings (SSSR count). The molecule has 7 heterocycles. The molecule has 7 aromatic heterocycles. The van der Waals surface area contributed by atoms with Crippen molar-refractivity contribution in [1.29, 1.82) is 0 Å². The van der Waals surface area contributed by atoms with E-state index in [9.17, 15) is 0 Å². The first kappa shape index (κ1) is 75.4. The Kier molecular flexibility index (Phi) is 18.7. The maximum Gasteiger partial charge on any atom is 0.160 e. The third-order valence-corrected chi connectivity index (χ3v) is 24.9. The minimum absolute atomic E-state index is 0.727. The summed E-state index contributed by atoms with van der Waals surface area (Å²) in [5.41, 5.74) is 30.6. The zero-order valence-electron chi connectivity index (χ0n) is 69.6. The fourth-order valence-electron chi connectivity index (χ4n) is 18.8. The minimum Gasteiger partial charge on any atom is -0.456 e. The number of furan rings is 3. The normalized spacial score (nSPS) is 11.6. The second kappa shape index (κ2) is 32.0. The van der Waals surface area contributed by atoms with Crippen molar-refractivity contribution in [3.05, 3.63) is 449 Å². The van der Waals surface area contributed by atoms with Crippen LogP contribution in [0.4, 0.5) is 0 Å². The van der Waals surface area contributed by atoms with Gasteiger partial charge in [0.25, 0.3) is 0 Å². The number of pyridine rings is 2. The zero-order valence-corrected chi connectivity index (χ0v) is 69.6. The van der Waals surface area contributed by atoms with Gasteiger partial charge >= 0.3 is 0 Å². The summed E-state index contributed by atoms with van der Waals surface area (Å²) in [6.45, 7) is 0. The summed E-state index contributed by atoms with van der Waals surface area (Å²) < 4.78 is 18.6. The van der Waals surface area contributed by atoms with E-state index >= 15 is 0 Å². The van der Waals surface area contributed by atoms with Crippen molar-refractivity contribution >= 4 is 131 Å². The highest BCUT2D eigenvalue weighted by molar-refractivity contribution is 6.19. The number of benzene rings is 19. The smallest absolute Gasteiger partial charge is 0.160 e. The molecular formula is C120H74N6O3. The Balaban J connectivity index is 0.000000108. The van der Waals surface area contributed by atoms with Gasteiger partial charge in [-0.25, -0.2) is 24.9 Å². The molecule has 0 spiro atoms. The molecule has 0 amide bonds. The van der Waals surface area contributed by atoms with Crippen molar-refractivity contribution in [2.45, 2.75) is 0 Å². The van der Waals surface area contributed by atoms with E-state index in [-0.39, 0.29) is 0 Å². The Morgan fingerprint density at radius 3 is 1.17 bits per heavy atom. The molecule has 129 heavy (non-hydrogen) atoms. The topological polar surface area (TPSA) is 117 Å². The van der Waals surface area contributed by atoms with Crippen LogP contribution in [-0.2, 0) is 0 Å². The molecule has 19 aromatic carbocycles. The summed E-state index contributed by atoms with van der Waals surface area (Å²) in [6, 6.07) is 152. The molecule has 602 valence electrons. The Morgan fingerprint density at radius 1 is 0.171 bits per heavy atom. The van der Waals surface area contributed by atoms with E-state index in [2.05, 4.69) is 327 Å². The number of hydrogen-bond acceptors (Lipinski definition) is 9. The lowest BCUT2D eigenvalue weighted by molar-refractivity contribution is 0.668. The lowest BCUT2D eigenvalue weighted by Crippen LogP contribution is -1.96. The van der Waals surface area contributed by atoms with E-state index in [4.69, 9.17) is 38.2 Å². The molecule has 26 aromatic rings. The van der Waals surface area contributed by atoms with E-state index in [1.807, 2.05) is 128 Å². The molecular weight excluding hydrogens is 1570 g/mol. The van der Waals surface area contributed by atoms with Crippen molar-refractivity contribution in [1.82, 2.24) is 29.9 Å². The molecule has 0 saturated carbocycles. The van der Waals surface area contributed by atoms with Crippen LogP contribution in [0.15, 0.2) is 462 Å². The minimum atomic E-state index is 0.727. The van der Waals surface area contributed by atoms with Gasteiger partial charge in [-0.3, -0.25) is 4.98 Å². The van der Waals surface area contributed by atoms with Gasteiger partial charge in [-0.2, -0.15) is 0 Å². The van der Waals surface area contributed by atoms with E-state index in [1.165, 1.54) is 49.2 Å². The number of nitrogens with zero attached hydrogens (tertiary/aromatic N) is 6. The van der Waals surface area contributed by atoms with Crippen molar-refractivity contribution in [2.24, 2.45) is 0 Å². The Hall–Kier alpha value is -17.4. The van der Waals surface area contributed by atoms with Crippen molar-refractivity contribution in [2.75, 3.05) is 0 Å². The van der Waals surface area contributed by atoms with Crippen LogP contribution >= 0.6 is 0 Å². The molecule has 0 unspecified atom stereocenters. The third kappa shape index (κ3) is 13.7. The maximum atomic E-state index is 6.23. The van der Waals surface area contributed by atoms with Crippen LogP contribution in [-0.4, -0.2) is 29.9 Å². The molecule has 0 aliphatic rings. The van der Waals surface area contributed by atoms with Crippen LogP contribution in [0.3, 0.4) is 0 Å². The maximum absolute atomic E-state index is 6.23. The Labute approximate surface area is 741 Å². The van der Waals surface area contributed by atoms with Crippen LogP contribution in [0, 0.1) is 0 Å². The number of aromatic nitrogens is 6. The van der Waals surface area contributed by atoms with Gasteiger partial charge in [-0.05, 0) is 167 Å². The lowest BCUT2D eigenvalue weighted by Gasteiger charge is -2.15. The summed E-state index contributed by atoms with van der Waals surface area (Å²) in [5, 5.41) is 17.2. The first-order valence-corrected chi connectivity index (χ1v) is 43.4. The van der Waals surface area contributed by atoms with Gasteiger partial charge in [0.15, 0.2) is 5.82 Å². The van der Waals surface area contributed by atoms with Gasteiger partial charge in [0.1, 0.15) is 33.5 Å². The van der Waals surface area contributed by atoms with Gasteiger partial charge in [-0.15, -0.1) is 0 Å². The van der Waals surface area contributed by atoms with Gasteiger partial charge in [0.05, 0.1) is 45.0 Å². The average molecular weight is 1650 g/mol. The van der Waals surface area contributed by atoms with Crippen molar-refractivity contribution < 1.29 is 13.3 Å². The van der Waals surface area contributed by atoms with Gasteiger partial charge in [0.2, 0.25) is 0 Å². The number of fused-ring (bicyclic) bond motifs is 15. The van der Waals surface area contributed by atoms with Gasteiger partial charge in [-0.1, -0.05) is 358 Å². The summed E-state index contributed by atoms with van der Waals surface area (Å²) in [4.78, 5) is 30.2. The highest BCUT2D eigenvalue weighted by Crippen LogP contribution is 2.47. The van der Waals surface area contributed by atoms with Crippen LogP contribution in [0.1, 0.15) is 0 Å². The highest BCUT2D eigenvalue weighted by Gasteiger charge is 2.23. The zero-order chi connectivity index (χ0) is 85.2. The molecule has 0 bridgehead atoms. The van der Waals surface area contributed by atoms with Crippen LogP contribution < -0.4 is 0 Å². The summed E-state index contributed by atoms with van der Waals surface area (Å²) >= 11 is 0. The van der Waals surface area contributed by atoms with Crippen LogP contribution in [0.2, 0.25) is 0 Å². The SMILES string of the molecule is c1ccc(-c2nc(-c3ccccc3)c3ccc(-c4ccc(-c5cccc6oc7ccccc7c56)cc4)cc3n2)cc1.c1ccc(-c2nc3ccc(-c4ccc(-c5cccc6oc7ccccc7c56)c5ccccc45)cc3nc2-c2ccccc2)cc1.c1ccc2cc(-c3nc(-c4ccc(-c5cccc6oc7ccccc7c56)c5ccccc45)cc4cnccc34)ccc2c1. The lowest BCUT2D eigenvalue weighted by atomic mass is 9.90. The largest absolute Gasteiger partial charge is 0.456 e. The van der Waals surface area contributed by atoms with Gasteiger partial charge in [0, 0.05) is 94.3 Å². The predicted molar refractivity (Wildman–Crippen MR) is 533 cm³/mol. The first-order chi connectivity index (χ1) is 63.9. The summed E-state index contributed by atoms with van der Waals surface area (Å²) in [5.74, 6) is 0.727. The Morgan fingerprint density at radius 2 is 0.589 bits per heavy atom. The van der Waals surface area contributed by atoms with E-state index in [0.717, 1.165) is 205 Å². The van der Waals surface area contributed by atoms with E-state index in [1.54, 1.807) is 0 Å². The Bertz CT molecular complexity index is 8870. The standard InChI is InChI=1S/C42H26N2O.C40H24N2O.C38H24N2O/c1-3-12-27(13-4-1)41-42(28-14-5-2-6-15-28)44-37-26-29(22-25-36(37)43-41)30-23-24-33(32-17-8-7-16-31(30)32)34-19-11-21-39-40(34)35-18-9-10-20-38(35)45-39;1-2-9-26-22-27(17-16-25(26)8-1)40-29-20-21-41-24-28(29)23-36(42-40)33-19-18-32(30-10-3-4-11-31(30)33)34-13-7-15-38-39(34)35-12-5-6-14-37(35)43-38;1-3-10-27(11-4-1)37-31-23-22-29(24-33(31)39-38(40-37)28-12-5-2-6-13-28)25-18-20-26(21-19-25)30-15-9-17-35-36(30)32-14-7-8-16-34(32)41-35/h1-26H;1-24H;1-24H. The van der Waals surface area contributed by atoms with E-state index in [0.29, 0.717) is 0 Å². The highest BCUT2D eigenvalue weighted by atomic mass is 16.3. The number of rotatable bonds is 11. The fraction of sp³-hybridized carbons (Fsp3) is 0. The molecule has 9 heteroatoms. The molecule has 0 saturated heterocycles. The van der Waals surface area contributed by atoms with Crippen molar-refractivity contribution in [3.63, 3.8) is 0 Å². The van der Waals surface area contributed by atoms with Gasteiger partial charge < -0.3 is 13.3 Å². The fourth-order valence-corrected chi connectivity index (χ4v) is 18.8. The molecule has 0 aliphatic carbocycles. The van der Waals surface area contributed by atoms with Crippen LogP contribution in [0.25, 0.3) is 254 Å². The molecule has 0 radical (unpaired) electrons. The summed E-state index contributed by atoms with van der Waals surface area (Å²) in [6.07, 6.45) is 3.78.